The zero-order chi connectivity index (χ0) is 17.6. The van der Waals surface area contributed by atoms with E-state index in [0.29, 0.717) is 0 Å². The Morgan fingerprint density at radius 2 is 1.23 bits per heavy atom. The molecule has 130 valence electrons. The molecular weight excluding hydrogens is 264 g/mol. The lowest BCUT2D eigenvalue weighted by molar-refractivity contribution is 0.546. The highest BCUT2D eigenvalue weighted by molar-refractivity contribution is 5.39. The first-order valence-corrected chi connectivity index (χ1v) is 9.48. The van der Waals surface area contributed by atoms with E-state index < -0.39 is 0 Å². The second kappa shape index (κ2) is 13.9. The van der Waals surface area contributed by atoms with Crippen LogP contribution >= 0.6 is 0 Å². The monoisotopic (exact) mass is 306 g/mol. The highest BCUT2D eigenvalue weighted by Crippen LogP contribution is 2.38. The van der Waals surface area contributed by atoms with E-state index in [4.69, 9.17) is 0 Å². The lowest BCUT2D eigenvalue weighted by atomic mass is 9.76. The Labute approximate surface area is 141 Å². The highest BCUT2D eigenvalue weighted by atomic mass is 14.3. The van der Waals surface area contributed by atoms with Gasteiger partial charge in [-0.3, -0.25) is 0 Å². The Morgan fingerprint density at radius 1 is 0.818 bits per heavy atom. The summed E-state index contributed by atoms with van der Waals surface area (Å²) in [5.74, 6) is 0. The zero-order valence-corrected chi connectivity index (χ0v) is 17.0. The van der Waals surface area contributed by atoms with Crippen LogP contribution in [0.1, 0.15) is 101 Å². The van der Waals surface area contributed by atoms with Gasteiger partial charge in [0.25, 0.3) is 0 Å². The summed E-state index contributed by atoms with van der Waals surface area (Å²) in [6, 6.07) is 0. The Balaban J connectivity index is 0. The summed E-state index contributed by atoms with van der Waals surface area (Å²) in [7, 11) is 0. The van der Waals surface area contributed by atoms with Gasteiger partial charge in [-0.2, -0.15) is 0 Å². The molecule has 0 aromatic rings. The molecule has 0 nitrogen and oxygen atoms in total. The third kappa shape index (κ3) is 8.61. The number of hydrogen-bond acceptors (Lipinski definition) is 0. The van der Waals surface area contributed by atoms with Crippen molar-refractivity contribution in [2.24, 2.45) is 5.41 Å². The second-order valence-corrected chi connectivity index (χ2v) is 6.32. The van der Waals surface area contributed by atoms with E-state index >= 15 is 0 Å². The fourth-order valence-electron chi connectivity index (χ4n) is 2.65. The molecule has 0 N–H and O–H groups in total. The molecule has 0 amide bonds. The molecule has 0 aliphatic heterocycles. The van der Waals surface area contributed by atoms with Crippen molar-refractivity contribution in [3.8, 4) is 0 Å². The molecule has 1 saturated carbocycles. The van der Waals surface area contributed by atoms with Crippen molar-refractivity contribution in [2.45, 2.75) is 101 Å². The van der Waals surface area contributed by atoms with Gasteiger partial charge in [-0.25, -0.2) is 0 Å². The van der Waals surface area contributed by atoms with Gasteiger partial charge in [0.05, 0.1) is 0 Å². The summed E-state index contributed by atoms with van der Waals surface area (Å²) in [6.45, 7) is 19.2. The van der Waals surface area contributed by atoms with Crippen LogP contribution in [-0.2, 0) is 0 Å². The predicted molar refractivity (Wildman–Crippen MR) is 105 cm³/mol. The van der Waals surface area contributed by atoms with Gasteiger partial charge in [0, 0.05) is 5.41 Å². The third-order valence-electron chi connectivity index (χ3n) is 4.43. The summed E-state index contributed by atoms with van der Waals surface area (Å²) >= 11 is 0. The first-order valence-electron chi connectivity index (χ1n) is 9.48. The van der Waals surface area contributed by atoms with Crippen LogP contribution in [0.2, 0.25) is 0 Å². The standard InChI is InChI=1S/C13H20.C5H10.2C2H6/c1-10(2)11(3)13(4,5)12-8-6-7-9-12;1-2-4-5-3-1;2*1-2/h6,8-9H,7H2,1-5H3;1-5H2;2*1-2H3. The second-order valence-electron chi connectivity index (χ2n) is 6.32. The maximum Gasteiger partial charge on any atom is 0.0102 e. The Hall–Kier alpha value is -0.780. The minimum absolute atomic E-state index is 0.214. The summed E-state index contributed by atoms with van der Waals surface area (Å²) in [5, 5.41) is 0. The van der Waals surface area contributed by atoms with Gasteiger partial charge in [-0.1, -0.05) is 103 Å². The quantitative estimate of drug-likeness (QED) is 0.450. The van der Waals surface area contributed by atoms with Gasteiger partial charge < -0.3 is 0 Å². The lowest BCUT2D eigenvalue weighted by Gasteiger charge is -2.28. The fraction of sp³-hybridized carbons (Fsp3) is 0.727. The lowest BCUT2D eigenvalue weighted by Crippen LogP contribution is -2.15. The molecular formula is C22H42. The van der Waals surface area contributed by atoms with Crippen molar-refractivity contribution in [3.63, 3.8) is 0 Å². The summed E-state index contributed by atoms with van der Waals surface area (Å²) < 4.78 is 0. The molecule has 2 aliphatic carbocycles. The first-order chi connectivity index (χ1) is 10.5. The SMILES string of the molecule is C1CCCC1.CC.CC.CC(C)=C(C)C(C)(C)C1=CCC=C1. The van der Waals surface area contributed by atoms with Crippen LogP contribution in [0.25, 0.3) is 0 Å². The summed E-state index contributed by atoms with van der Waals surface area (Å²) in [4.78, 5) is 0. The molecule has 0 aromatic carbocycles. The van der Waals surface area contributed by atoms with E-state index in [2.05, 4.69) is 52.8 Å². The molecule has 0 radical (unpaired) electrons. The van der Waals surface area contributed by atoms with Crippen molar-refractivity contribution < 1.29 is 0 Å². The molecule has 1 fully saturated rings. The predicted octanol–water partition coefficient (Wildman–Crippen LogP) is 8.26. The molecule has 0 aromatic heterocycles. The van der Waals surface area contributed by atoms with Crippen LogP contribution in [0.15, 0.2) is 34.9 Å². The van der Waals surface area contributed by atoms with Crippen LogP contribution in [0.4, 0.5) is 0 Å². The maximum absolute atomic E-state index is 2.33. The van der Waals surface area contributed by atoms with Crippen LogP contribution in [0.5, 0.6) is 0 Å². The topological polar surface area (TPSA) is 0 Å². The zero-order valence-electron chi connectivity index (χ0n) is 17.0. The largest absolute Gasteiger partial charge is 0.0804 e. The van der Waals surface area contributed by atoms with Crippen LogP contribution in [0, 0.1) is 5.41 Å². The Kier molecular flexibility index (Phi) is 14.8. The van der Waals surface area contributed by atoms with Crippen LogP contribution < -0.4 is 0 Å². The van der Waals surface area contributed by atoms with Crippen LogP contribution in [0.3, 0.4) is 0 Å². The van der Waals surface area contributed by atoms with Crippen molar-refractivity contribution in [3.05, 3.63) is 34.9 Å². The van der Waals surface area contributed by atoms with Gasteiger partial charge in [0.2, 0.25) is 0 Å². The van der Waals surface area contributed by atoms with E-state index in [0.717, 1.165) is 6.42 Å². The van der Waals surface area contributed by atoms with Crippen molar-refractivity contribution in [2.75, 3.05) is 0 Å². The smallest absolute Gasteiger partial charge is 0.0102 e. The first kappa shape index (κ1) is 23.5. The van der Waals surface area contributed by atoms with Gasteiger partial charge >= 0.3 is 0 Å². The highest BCUT2D eigenvalue weighted by Gasteiger charge is 2.25. The van der Waals surface area contributed by atoms with E-state index in [1.54, 1.807) is 0 Å². The van der Waals surface area contributed by atoms with Crippen LogP contribution in [-0.4, -0.2) is 0 Å². The molecule has 0 atom stereocenters. The number of allylic oxidation sites excluding steroid dienone is 6. The van der Waals surface area contributed by atoms with Crippen molar-refractivity contribution in [1.82, 2.24) is 0 Å². The van der Waals surface area contributed by atoms with E-state index in [-0.39, 0.29) is 5.41 Å². The maximum atomic E-state index is 2.33. The third-order valence-corrected chi connectivity index (χ3v) is 4.43. The molecule has 0 spiro atoms. The Bertz CT molecular complexity index is 331. The number of hydrogen-bond donors (Lipinski definition) is 0. The fourth-order valence-corrected chi connectivity index (χ4v) is 2.65. The molecule has 0 saturated heterocycles. The minimum Gasteiger partial charge on any atom is -0.0804 e. The normalized spacial score (nSPS) is 15.4. The van der Waals surface area contributed by atoms with Crippen molar-refractivity contribution in [1.29, 1.82) is 0 Å². The molecule has 22 heavy (non-hydrogen) atoms. The van der Waals surface area contributed by atoms with E-state index in [1.807, 2.05) is 27.7 Å². The molecule has 2 aliphatic rings. The van der Waals surface area contributed by atoms with Crippen molar-refractivity contribution >= 4 is 0 Å². The Morgan fingerprint density at radius 3 is 1.50 bits per heavy atom. The molecule has 0 heteroatoms. The van der Waals surface area contributed by atoms with Gasteiger partial charge in [0.1, 0.15) is 0 Å². The number of rotatable bonds is 2. The van der Waals surface area contributed by atoms with E-state index in [1.165, 1.54) is 48.8 Å². The van der Waals surface area contributed by atoms with Gasteiger partial charge in [-0.05, 0) is 32.8 Å². The molecule has 2 rings (SSSR count). The average Bonchev–Trinajstić information content (AvgIpc) is 3.25. The van der Waals surface area contributed by atoms with Gasteiger partial charge in [-0.15, -0.1) is 0 Å². The summed E-state index contributed by atoms with van der Waals surface area (Å²) in [5.41, 5.74) is 4.61. The average molecular weight is 307 g/mol. The molecule has 0 unspecified atom stereocenters. The minimum atomic E-state index is 0.214. The molecule has 0 bridgehead atoms. The van der Waals surface area contributed by atoms with E-state index in [9.17, 15) is 0 Å². The molecule has 0 heterocycles. The van der Waals surface area contributed by atoms with Gasteiger partial charge in [0.15, 0.2) is 0 Å². The summed E-state index contributed by atoms with van der Waals surface area (Å²) in [6.07, 6.45) is 15.4.